The fourth-order valence-electron chi connectivity index (χ4n) is 3.40. The summed E-state index contributed by atoms with van der Waals surface area (Å²) < 4.78 is 23.6. The van der Waals surface area contributed by atoms with Crippen LogP contribution in [0.2, 0.25) is 0 Å². The Morgan fingerprint density at radius 1 is 1.07 bits per heavy atom. The minimum Gasteiger partial charge on any atom is -0.497 e. The zero-order chi connectivity index (χ0) is 19.5. The number of nitrogens with zero attached hydrogens (tertiary/aromatic N) is 5. The van der Waals surface area contributed by atoms with Crippen LogP contribution in [0.15, 0.2) is 54.9 Å². The molecule has 28 heavy (non-hydrogen) atoms. The van der Waals surface area contributed by atoms with Crippen LogP contribution in [0.5, 0.6) is 5.75 Å². The first-order valence-electron chi connectivity index (χ1n) is 9.16. The van der Waals surface area contributed by atoms with Crippen molar-refractivity contribution < 1.29 is 9.13 Å². The van der Waals surface area contributed by atoms with Crippen molar-refractivity contribution in [1.82, 2.24) is 19.2 Å². The van der Waals surface area contributed by atoms with Crippen LogP contribution >= 0.6 is 12.2 Å². The van der Waals surface area contributed by atoms with Gasteiger partial charge in [0.25, 0.3) is 0 Å². The molecule has 6 nitrogen and oxygen atoms in total. The molecule has 0 bridgehead atoms. The number of aromatic nitrogens is 3. The van der Waals surface area contributed by atoms with Gasteiger partial charge in [-0.3, -0.25) is 9.47 Å². The van der Waals surface area contributed by atoms with Crippen molar-refractivity contribution in [2.75, 3.05) is 38.2 Å². The van der Waals surface area contributed by atoms with Gasteiger partial charge in [0.05, 0.1) is 25.2 Å². The molecule has 146 valence electrons. The summed E-state index contributed by atoms with van der Waals surface area (Å²) in [5.41, 5.74) is 1.58. The van der Waals surface area contributed by atoms with E-state index >= 15 is 0 Å². The summed E-state index contributed by atoms with van der Waals surface area (Å²) >= 11 is 5.61. The lowest BCUT2D eigenvalue weighted by molar-refractivity contribution is 0.194. The van der Waals surface area contributed by atoms with Crippen LogP contribution < -0.4 is 9.64 Å². The van der Waals surface area contributed by atoms with Crippen LogP contribution in [0.4, 0.5) is 10.1 Å². The van der Waals surface area contributed by atoms with Gasteiger partial charge in [-0.15, -0.1) is 0 Å². The maximum absolute atomic E-state index is 14.0. The molecule has 0 aliphatic carbocycles. The van der Waals surface area contributed by atoms with Gasteiger partial charge in [0.2, 0.25) is 4.77 Å². The predicted molar refractivity (Wildman–Crippen MR) is 109 cm³/mol. The van der Waals surface area contributed by atoms with Crippen molar-refractivity contribution in [2.24, 2.45) is 0 Å². The van der Waals surface area contributed by atoms with E-state index in [2.05, 4.69) is 14.9 Å². The van der Waals surface area contributed by atoms with Crippen LogP contribution in [0.3, 0.4) is 0 Å². The first-order valence-corrected chi connectivity index (χ1v) is 9.57. The average molecular weight is 399 g/mol. The zero-order valence-corrected chi connectivity index (χ0v) is 16.5. The normalized spacial score (nSPS) is 15.0. The van der Waals surface area contributed by atoms with E-state index in [-0.39, 0.29) is 5.82 Å². The van der Waals surface area contributed by atoms with E-state index in [1.54, 1.807) is 19.5 Å². The van der Waals surface area contributed by atoms with Crippen molar-refractivity contribution in [2.45, 2.75) is 6.67 Å². The standard InChI is InChI=1S/C20H22FN5OS/c1-27-17-6-4-5-16(13-17)25-14-22-26(20(25)28)15-23-9-11-24(12-10-23)19-8-3-2-7-18(19)21/h2-8,13-14H,9-12,15H2,1H3. The monoisotopic (exact) mass is 399 g/mol. The summed E-state index contributed by atoms with van der Waals surface area (Å²) in [6, 6.07) is 14.6. The van der Waals surface area contributed by atoms with Crippen LogP contribution in [-0.2, 0) is 6.67 Å². The lowest BCUT2D eigenvalue weighted by Gasteiger charge is -2.35. The Morgan fingerprint density at radius 3 is 2.61 bits per heavy atom. The minimum atomic E-state index is -0.171. The minimum absolute atomic E-state index is 0.171. The van der Waals surface area contributed by atoms with Crippen molar-refractivity contribution in [1.29, 1.82) is 0 Å². The second kappa shape index (κ2) is 8.12. The molecule has 1 saturated heterocycles. The third-order valence-electron chi connectivity index (χ3n) is 4.96. The molecule has 1 aliphatic heterocycles. The largest absolute Gasteiger partial charge is 0.497 e. The predicted octanol–water partition coefficient (Wildman–Crippen LogP) is 3.33. The molecule has 4 rings (SSSR count). The highest BCUT2D eigenvalue weighted by molar-refractivity contribution is 7.71. The third-order valence-corrected chi connectivity index (χ3v) is 5.37. The van der Waals surface area contributed by atoms with Crippen molar-refractivity contribution in [3.05, 3.63) is 65.4 Å². The molecule has 8 heteroatoms. The van der Waals surface area contributed by atoms with Crippen molar-refractivity contribution in [3.8, 4) is 11.4 Å². The number of rotatable bonds is 5. The molecular weight excluding hydrogens is 377 g/mol. The Hall–Kier alpha value is -2.71. The van der Waals surface area contributed by atoms with Crippen molar-refractivity contribution in [3.63, 3.8) is 0 Å². The Labute approximate surface area is 168 Å². The average Bonchev–Trinajstić information content (AvgIpc) is 3.09. The molecule has 2 heterocycles. The van der Waals surface area contributed by atoms with Gasteiger partial charge in [0, 0.05) is 32.2 Å². The molecule has 2 aromatic carbocycles. The second-order valence-electron chi connectivity index (χ2n) is 6.68. The Bertz CT molecular complexity index is 1010. The number of halogens is 1. The zero-order valence-electron chi connectivity index (χ0n) is 15.7. The van der Waals surface area contributed by atoms with E-state index in [1.165, 1.54) is 6.07 Å². The molecule has 1 aromatic heterocycles. The Kier molecular flexibility index (Phi) is 5.40. The maximum Gasteiger partial charge on any atom is 0.203 e. The molecule has 0 spiro atoms. The van der Waals surface area contributed by atoms with Crippen LogP contribution in [-0.4, -0.2) is 52.5 Å². The molecule has 0 amide bonds. The van der Waals surface area contributed by atoms with Gasteiger partial charge in [0.15, 0.2) is 0 Å². The first kappa shape index (κ1) is 18.6. The first-order chi connectivity index (χ1) is 13.7. The molecule has 1 fully saturated rings. The van der Waals surface area contributed by atoms with E-state index < -0.39 is 0 Å². The van der Waals surface area contributed by atoms with Gasteiger partial charge in [0.1, 0.15) is 17.9 Å². The van der Waals surface area contributed by atoms with E-state index in [1.807, 2.05) is 45.6 Å². The number of methoxy groups -OCH3 is 1. The van der Waals surface area contributed by atoms with E-state index in [4.69, 9.17) is 17.0 Å². The fraction of sp³-hybridized carbons (Fsp3) is 0.300. The number of ether oxygens (including phenoxy) is 1. The number of benzene rings is 2. The summed E-state index contributed by atoms with van der Waals surface area (Å²) in [6.45, 7) is 3.79. The number of hydrogen-bond donors (Lipinski definition) is 0. The summed E-state index contributed by atoms with van der Waals surface area (Å²) in [6.07, 6.45) is 1.73. The number of piperazine rings is 1. The van der Waals surface area contributed by atoms with Gasteiger partial charge >= 0.3 is 0 Å². The quantitative estimate of drug-likeness (QED) is 0.616. The van der Waals surface area contributed by atoms with E-state index in [0.717, 1.165) is 37.6 Å². The van der Waals surface area contributed by atoms with Gasteiger partial charge < -0.3 is 9.64 Å². The molecule has 1 aliphatic rings. The SMILES string of the molecule is COc1cccc(-n2cnn(CN3CCN(c4ccccc4F)CC3)c2=S)c1. The number of para-hydroxylation sites is 1. The van der Waals surface area contributed by atoms with Crippen LogP contribution in [0.25, 0.3) is 5.69 Å². The molecule has 0 N–H and O–H groups in total. The lowest BCUT2D eigenvalue weighted by atomic mass is 10.2. The Morgan fingerprint density at radius 2 is 1.86 bits per heavy atom. The summed E-state index contributed by atoms with van der Waals surface area (Å²) in [5.74, 6) is 0.603. The van der Waals surface area contributed by atoms with Gasteiger partial charge in [-0.2, -0.15) is 5.10 Å². The Balaban J connectivity index is 1.43. The highest BCUT2D eigenvalue weighted by Crippen LogP contribution is 2.21. The van der Waals surface area contributed by atoms with Crippen molar-refractivity contribution >= 4 is 17.9 Å². The molecule has 0 saturated carbocycles. The topological polar surface area (TPSA) is 38.5 Å². The molecular formula is C20H22FN5OS. The molecule has 0 unspecified atom stereocenters. The third kappa shape index (κ3) is 3.79. The van der Waals surface area contributed by atoms with Crippen LogP contribution in [0.1, 0.15) is 0 Å². The molecule has 0 atom stereocenters. The summed E-state index contributed by atoms with van der Waals surface area (Å²) in [7, 11) is 1.64. The van der Waals surface area contributed by atoms with E-state index in [9.17, 15) is 4.39 Å². The number of anilines is 1. The number of hydrogen-bond acceptors (Lipinski definition) is 5. The summed E-state index contributed by atoms with van der Waals surface area (Å²) in [5, 5.41) is 4.45. The highest BCUT2D eigenvalue weighted by Gasteiger charge is 2.20. The van der Waals surface area contributed by atoms with Gasteiger partial charge in [-0.25, -0.2) is 9.07 Å². The summed E-state index contributed by atoms with van der Waals surface area (Å²) in [4.78, 5) is 4.36. The van der Waals surface area contributed by atoms with Gasteiger partial charge in [-0.05, 0) is 36.5 Å². The highest BCUT2D eigenvalue weighted by atomic mass is 32.1. The maximum atomic E-state index is 14.0. The lowest BCUT2D eigenvalue weighted by Crippen LogP contribution is -2.47. The fourth-order valence-corrected chi connectivity index (χ4v) is 3.66. The van der Waals surface area contributed by atoms with Crippen LogP contribution in [0, 0.1) is 10.6 Å². The van der Waals surface area contributed by atoms with Gasteiger partial charge in [-0.1, -0.05) is 18.2 Å². The molecule has 3 aromatic rings. The second-order valence-corrected chi connectivity index (χ2v) is 7.05. The smallest absolute Gasteiger partial charge is 0.203 e. The molecule has 0 radical (unpaired) electrons. The van der Waals surface area contributed by atoms with E-state index in [0.29, 0.717) is 17.1 Å².